The highest BCUT2D eigenvalue weighted by Gasteiger charge is 2.37. The van der Waals surface area contributed by atoms with Crippen LogP contribution in [-0.2, 0) is 0 Å². The van der Waals surface area contributed by atoms with Gasteiger partial charge in [0.2, 0.25) is 0 Å². The molecule has 0 radical (unpaired) electrons. The second-order valence-electron chi connectivity index (χ2n) is 7.38. The van der Waals surface area contributed by atoms with Gasteiger partial charge in [-0.05, 0) is 64.8 Å². The van der Waals surface area contributed by atoms with E-state index in [0.29, 0.717) is 11.1 Å². The minimum Gasteiger partial charge on any atom is -0.296 e. The van der Waals surface area contributed by atoms with Crippen LogP contribution in [-0.4, -0.2) is 23.0 Å². The van der Waals surface area contributed by atoms with Crippen molar-refractivity contribution < 1.29 is 0 Å². The summed E-state index contributed by atoms with van der Waals surface area (Å²) < 4.78 is 0. The predicted molar refractivity (Wildman–Crippen MR) is 93.7 cm³/mol. The average molecular weight is 283 g/mol. The molecule has 0 aromatic heterocycles. The summed E-state index contributed by atoms with van der Waals surface area (Å²) in [6, 6.07) is 16.7. The highest BCUT2D eigenvalue weighted by atomic mass is 15.2. The molecule has 0 unspecified atom stereocenters. The number of benzene rings is 2. The average Bonchev–Trinajstić information content (AvgIpc) is 2.45. The first-order chi connectivity index (χ1) is 9.83. The molecule has 0 saturated carbocycles. The molecule has 1 heterocycles. The van der Waals surface area contributed by atoms with Crippen LogP contribution in [0.5, 0.6) is 0 Å². The first-order valence-corrected chi connectivity index (χ1v) is 8.01. The van der Waals surface area contributed by atoms with Crippen LogP contribution in [0.25, 0.3) is 10.8 Å². The van der Waals surface area contributed by atoms with E-state index in [-0.39, 0.29) is 0 Å². The van der Waals surface area contributed by atoms with E-state index in [1.54, 1.807) is 0 Å². The molecule has 2 aromatic rings. The Labute approximate surface area is 130 Å². The van der Waals surface area contributed by atoms with E-state index in [1.165, 1.54) is 30.0 Å². The molecular weight excluding hydrogens is 254 g/mol. The summed E-state index contributed by atoms with van der Waals surface area (Å²) in [7, 11) is 2.25. The van der Waals surface area contributed by atoms with Crippen LogP contribution in [0.4, 0.5) is 0 Å². The molecule has 1 fully saturated rings. The number of rotatable bonds is 0. The Morgan fingerprint density at radius 1 is 0.714 bits per heavy atom. The summed E-state index contributed by atoms with van der Waals surface area (Å²) in [5.74, 6) is 0. The van der Waals surface area contributed by atoms with Crippen LogP contribution in [0.3, 0.4) is 0 Å². The quantitative estimate of drug-likeness (QED) is 0.617. The van der Waals surface area contributed by atoms with Gasteiger partial charge in [-0.2, -0.15) is 0 Å². The maximum Gasteiger partial charge on any atom is 0.0155 e. The van der Waals surface area contributed by atoms with E-state index in [4.69, 9.17) is 0 Å². The van der Waals surface area contributed by atoms with Gasteiger partial charge in [-0.25, -0.2) is 0 Å². The van der Waals surface area contributed by atoms with Crippen molar-refractivity contribution in [2.75, 3.05) is 7.05 Å². The Kier molecular flexibility index (Phi) is 4.73. The lowest BCUT2D eigenvalue weighted by Crippen LogP contribution is -2.56. The smallest absolute Gasteiger partial charge is 0.0155 e. The molecule has 0 spiro atoms. The lowest BCUT2D eigenvalue weighted by molar-refractivity contribution is -0.00199. The van der Waals surface area contributed by atoms with Crippen molar-refractivity contribution in [3.05, 3.63) is 48.5 Å². The third-order valence-corrected chi connectivity index (χ3v) is 5.05. The molecule has 0 bridgehead atoms. The van der Waals surface area contributed by atoms with Crippen molar-refractivity contribution >= 4 is 10.8 Å². The minimum atomic E-state index is 0.405. The van der Waals surface area contributed by atoms with Crippen molar-refractivity contribution in [2.24, 2.45) is 0 Å². The fourth-order valence-corrected chi connectivity index (χ4v) is 3.24. The van der Waals surface area contributed by atoms with E-state index in [0.717, 1.165) is 0 Å². The zero-order valence-corrected chi connectivity index (χ0v) is 14.2. The highest BCUT2D eigenvalue weighted by Crippen LogP contribution is 2.36. The number of likely N-dealkylation sites (tertiary alicyclic amines) is 1. The van der Waals surface area contributed by atoms with Gasteiger partial charge < -0.3 is 0 Å². The van der Waals surface area contributed by atoms with Crippen molar-refractivity contribution in [1.82, 2.24) is 4.90 Å². The largest absolute Gasteiger partial charge is 0.296 e. The molecule has 21 heavy (non-hydrogen) atoms. The molecule has 2 aromatic carbocycles. The van der Waals surface area contributed by atoms with E-state index < -0.39 is 0 Å². The summed E-state index contributed by atoms with van der Waals surface area (Å²) in [6.45, 7) is 9.36. The molecule has 1 aliphatic heterocycles. The van der Waals surface area contributed by atoms with Gasteiger partial charge in [-0.3, -0.25) is 4.90 Å². The second kappa shape index (κ2) is 6.19. The lowest BCUT2D eigenvalue weighted by atomic mass is 9.80. The van der Waals surface area contributed by atoms with Crippen LogP contribution in [0.15, 0.2) is 48.5 Å². The Morgan fingerprint density at radius 3 is 1.33 bits per heavy atom. The summed E-state index contributed by atoms with van der Waals surface area (Å²) in [6.07, 6.45) is 4.06. The van der Waals surface area contributed by atoms with Gasteiger partial charge in [-0.15, -0.1) is 0 Å². The van der Waals surface area contributed by atoms with Crippen LogP contribution >= 0.6 is 0 Å². The first-order valence-electron chi connectivity index (χ1n) is 8.01. The van der Waals surface area contributed by atoms with Gasteiger partial charge in [-0.1, -0.05) is 48.5 Å². The SMILES string of the molecule is CN1C(C)(C)CCCC1(C)C.c1ccc2ccccc2c1. The number of piperidine rings is 1. The van der Waals surface area contributed by atoms with Gasteiger partial charge in [0.25, 0.3) is 0 Å². The molecule has 3 rings (SSSR count). The van der Waals surface area contributed by atoms with Crippen LogP contribution in [0.2, 0.25) is 0 Å². The molecule has 0 amide bonds. The van der Waals surface area contributed by atoms with Gasteiger partial charge >= 0.3 is 0 Å². The van der Waals surface area contributed by atoms with Crippen molar-refractivity contribution in [1.29, 1.82) is 0 Å². The number of nitrogens with zero attached hydrogens (tertiary/aromatic N) is 1. The van der Waals surface area contributed by atoms with Crippen molar-refractivity contribution in [2.45, 2.75) is 58.0 Å². The first kappa shape index (κ1) is 16.0. The van der Waals surface area contributed by atoms with E-state index in [1.807, 2.05) is 0 Å². The van der Waals surface area contributed by atoms with Gasteiger partial charge in [0.05, 0.1) is 0 Å². The summed E-state index contributed by atoms with van der Waals surface area (Å²) >= 11 is 0. The maximum atomic E-state index is 2.52. The second-order valence-corrected chi connectivity index (χ2v) is 7.38. The predicted octanol–water partition coefficient (Wildman–Crippen LogP) is 5.50. The standard InChI is InChI=1S/C10H21N.C10H8/c1-9(2)7-6-8-10(3,4)11(9)5;1-2-6-10-8-4-3-7-9(10)5-1/h6-8H2,1-5H3;1-8H. The van der Waals surface area contributed by atoms with E-state index in [2.05, 4.69) is 88.2 Å². The number of hydrogen-bond donors (Lipinski definition) is 0. The van der Waals surface area contributed by atoms with Crippen molar-refractivity contribution in [3.8, 4) is 0 Å². The normalized spacial score (nSPS) is 20.6. The van der Waals surface area contributed by atoms with Gasteiger partial charge in [0.15, 0.2) is 0 Å². The molecule has 1 nitrogen and oxygen atoms in total. The molecule has 114 valence electrons. The van der Waals surface area contributed by atoms with Gasteiger partial charge in [0, 0.05) is 11.1 Å². The van der Waals surface area contributed by atoms with Crippen LogP contribution in [0.1, 0.15) is 47.0 Å². The molecule has 0 N–H and O–H groups in total. The molecule has 0 atom stereocenters. The fourth-order valence-electron chi connectivity index (χ4n) is 3.24. The molecule has 0 aliphatic carbocycles. The summed E-state index contributed by atoms with van der Waals surface area (Å²) in [5, 5.41) is 2.62. The zero-order valence-electron chi connectivity index (χ0n) is 14.2. The van der Waals surface area contributed by atoms with E-state index in [9.17, 15) is 0 Å². The molecule has 1 aliphatic rings. The zero-order chi connectivity index (χ0) is 15.5. The van der Waals surface area contributed by atoms with Crippen molar-refractivity contribution in [3.63, 3.8) is 0 Å². The lowest BCUT2D eigenvalue weighted by Gasteiger charge is -2.50. The number of hydrogen-bond acceptors (Lipinski definition) is 1. The fraction of sp³-hybridized carbons (Fsp3) is 0.500. The Morgan fingerprint density at radius 2 is 1.05 bits per heavy atom. The van der Waals surface area contributed by atoms with Crippen LogP contribution in [0, 0.1) is 0 Å². The molecule has 1 heteroatoms. The third-order valence-electron chi connectivity index (χ3n) is 5.05. The summed E-state index contributed by atoms with van der Waals surface area (Å²) in [5.41, 5.74) is 0.809. The topological polar surface area (TPSA) is 3.24 Å². The molecule has 1 saturated heterocycles. The Hall–Kier alpha value is -1.34. The van der Waals surface area contributed by atoms with Gasteiger partial charge in [0.1, 0.15) is 0 Å². The maximum absolute atomic E-state index is 2.52. The Bertz CT molecular complexity index is 502. The monoisotopic (exact) mass is 283 g/mol. The van der Waals surface area contributed by atoms with E-state index >= 15 is 0 Å². The Balaban J connectivity index is 0.000000154. The summed E-state index contributed by atoms with van der Waals surface area (Å²) in [4.78, 5) is 2.52. The molecular formula is C20H29N. The van der Waals surface area contributed by atoms with Crippen LogP contribution < -0.4 is 0 Å². The minimum absolute atomic E-state index is 0.405. The highest BCUT2D eigenvalue weighted by molar-refractivity contribution is 5.81. The third kappa shape index (κ3) is 3.85. The number of fused-ring (bicyclic) bond motifs is 1.